The molecule has 1 fully saturated rings. The van der Waals surface area contributed by atoms with Gasteiger partial charge in [-0.25, -0.2) is 8.42 Å². The van der Waals surface area contributed by atoms with Gasteiger partial charge >= 0.3 is 0 Å². The molecule has 32 heavy (non-hydrogen) atoms. The number of carbonyl (C=O) groups excluding carboxylic acids is 2. The van der Waals surface area contributed by atoms with E-state index in [0.717, 1.165) is 6.42 Å². The van der Waals surface area contributed by atoms with Gasteiger partial charge in [-0.3, -0.25) is 9.59 Å². The van der Waals surface area contributed by atoms with E-state index >= 15 is 0 Å². The smallest absolute Gasteiger partial charge is 0.243 e. The van der Waals surface area contributed by atoms with Crippen molar-refractivity contribution in [2.45, 2.75) is 30.6 Å². The van der Waals surface area contributed by atoms with E-state index in [1.54, 1.807) is 37.3 Å². The van der Waals surface area contributed by atoms with Crippen molar-refractivity contribution in [1.82, 2.24) is 9.62 Å². The van der Waals surface area contributed by atoms with Crippen LogP contribution in [0.3, 0.4) is 0 Å². The van der Waals surface area contributed by atoms with Gasteiger partial charge in [0.15, 0.2) is 0 Å². The predicted octanol–water partition coefficient (Wildman–Crippen LogP) is 1.75. The summed E-state index contributed by atoms with van der Waals surface area (Å²) >= 11 is 1.64. The fraction of sp³-hybridized carbons (Fsp3) is 0.455. The van der Waals surface area contributed by atoms with Gasteiger partial charge in [0.05, 0.1) is 23.5 Å². The molecule has 8 nitrogen and oxygen atoms in total. The number of morpholine rings is 1. The van der Waals surface area contributed by atoms with Crippen LogP contribution in [0, 0.1) is 0 Å². The number of hydrogen-bond donors (Lipinski definition) is 1. The first-order valence-corrected chi connectivity index (χ1v) is 12.9. The first-order valence-electron chi connectivity index (χ1n) is 10.5. The molecule has 1 aromatic heterocycles. The lowest BCUT2D eigenvalue weighted by Gasteiger charge is -2.26. The quantitative estimate of drug-likeness (QED) is 0.656. The van der Waals surface area contributed by atoms with Gasteiger partial charge in [0.2, 0.25) is 21.8 Å². The molecule has 10 heteroatoms. The number of carbonyl (C=O) groups is 2. The van der Waals surface area contributed by atoms with Crippen molar-refractivity contribution in [3.05, 3.63) is 46.2 Å². The maximum Gasteiger partial charge on any atom is 0.243 e. The molecule has 1 aromatic carbocycles. The Kier molecular flexibility index (Phi) is 6.39. The Bertz CT molecular complexity index is 1110. The van der Waals surface area contributed by atoms with Crippen LogP contribution in [0.4, 0.5) is 5.69 Å². The number of nitrogens with zero attached hydrogens (tertiary/aromatic N) is 2. The first kappa shape index (κ1) is 22.9. The second-order valence-electron chi connectivity index (χ2n) is 8.39. The molecule has 1 saturated heterocycles. The molecule has 0 unspecified atom stereocenters. The molecule has 0 bridgehead atoms. The van der Waals surface area contributed by atoms with E-state index in [1.807, 2.05) is 17.5 Å². The van der Waals surface area contributed by atoms with Crippen LogP contribution in [-0.2, 0) is 36.2 Å². The maximum absolute atomic E-state index is 13.1. The number of ether oxygens (including phenoxy) is 1. The maximum atomic E-state index is 13.1. The highest BCUT2D eigenvalue weighted by Crippen LogP contribution is 2.42. The standard InChI is InChI=1S/C22H27N3O5S2/c1-22(2)18-14-17(32(28,29)24-9-11-30-12-10-24)5-6-19(18)25(21(22)27)15-20(26)23-8-7-16-4-3-13-31-16/h3-6,13-14H,7-12,15H2,1-2H3,(H,23,26). The molecule has 2 aliphatic rings. The molecule has 1 N–H and O–H groups in total. The number of benzene rings is 1. The minimum absolute atomic E-state index is 0.102. The van der Waals surface area contributed by atoms with Crippen molar-refractivity contribution in [3.8, 4) is 0 Å². The Labute approximate surface area is 192 Å². The van der Waals surface area contributed by atoms with E-state index in [0.29, 0.717) is 44.1 Å². The summed E-state index contributed by atoms with van der Waals surface area (Å²) in [6, 6.07) is 8.71. The van der Waals surface area contributed by atoms with E-state index in [4.69, 9.17) is 4.74 Å². The molecule has 2 aromatic rings. The minimum Gasteiger partial charge on any atom is -0.379 e. The Morgan fingerprint density at radius 2 is 1.97 bits per heavy atom. The largest absolute Gasteiger partial charge is 0.379 e. The number of anilines is 1. The molecular formula is C22H27N3O5S2. The van der Waals surface area contributed by atoms with Crippen LogP contribution >= 0.6 is 11.3 Å². The van der Waals surface area contributed by atoms with Gasteiger partial charge in [0.1, 0.15) is 6.54 Å². The third-order valence-electron chi connectivity index (χ3n) is 5.90. The highest BCUT2D eigenvalue weighted by atomic mass is 32.2. The summed E-state index contributed by atoms with van der Waals surface area (Å²) in [5, 5.41) is 4.86. The van der Waals surface area contributed by atoms with Crippen molar-refractivity contribution in [3.63, 3.8) is 0 Å². The van der Waals surface area contributed by atoms with Gasteiger partial charge in [0.25, 0.3) is 0 Å². The number of rotatable bonds is 7. The molecule has 2 aliphatic heterocycles. The number of fused-ring (bicyclic) bond motifs is 1. The second kappa shape index (κ2) is 8.93. The number of amides is 2. The van der Waals surface area contributed by atoms with Gasteiger partial charge in [0, 0.05) is 30.2 Å². The predicted molar refractivity (Wildman–Crippen MR) is 122 cm³/mol. The number of hydrogen-bond acceptors (Lipinski definition) is 6. The van der Waals surface area contributed by atoms with Gasteiger partial charge in [-0.15, -0.1) is 11.3 Å². The average Bonchev–Trinajstić information content (AvgIpc) is 3.36. The van der Waals surface area contributed by atoms with Crippen LogP contribution < -0.4 is 10.2 Å². The topological polar surface area (TPSA) is 96.0 Å². The van der Waals surface area contributed by atoms with Crippen molar-refractivity contribution in [2.24, 2.45) is 0 Å². The third-order valence-corrected chi connectivity index (χ3v) is 8.73. The van der Waals surface area contributed by atoms with Crippen LogP contribution in [-0.4, -0.2) is 63.9 Å². The van der Waals surface area contributed by atoms with Crippen LogP contribution in [0.5, 0.6) is 0 Å². The first-order chi connectivity index (χ1) is 15.2. The van der Waals surface area contributed by atoms with Crippen molar-refractivity contribution in [1.29, 1.82) is 0 Å². The number of thiophene rings is 1. The molecule has 2 amide bonds. The molecule has 0 atom stereocenters. The highest BCUT2D eigenvalue weighted by Gasteiger charge is 2.45. The highest BCUT2D eigenvalue weighted by molar-refractivity contribution is 7.89. The SMILES string of the molecule is CC1(C)C(=O)N(CC(=O)NCCc2cccs2)c2ccc(S(=O)(=O)N3CCOCC3)cc21. The van der Waals surface area contributed by atoms with Crippen LogP contribution in [0.15, 0.2) is 40.6 Å². The van der Waals surface area contributed by atoms with Crippen LogP contribution in [0.1, 0.15) is 24.3 Å². The molecular weight excluding hydrogens is 450 g/mol. The molecule has 0 radical (unpaired) electrons. The summed E-state index contributed by atoms with van der Waals surface area (Å²) < 4.78 is 32.8. The zero-order chi connectivity index (χ0) is 22.9. The Hall–Kier alpha value is -2.27. The van der Waals surface area contributed by atoms with Gasteiger partial charge in [-0.05, 0) is 55.5 Å². The van der Waals surface area contributed by atoms with Crippen molar-refractivity contribution in [2.75, 3.05) is 44.3 Å². The molecule has 3 heterocycles. The van der Waals surface area contributed by atoms with Crippen LogP contribution in [0.2, 0.25) is 0 Å². The number of sulfonamides is 1. The monoisotopic (exact) mass is 477 g/mol. The summed E-state index contributed by atoms with van der Waals surface area (Å²) in [5.41, 5.74) is 0.265. The lowest BCUT2D eigenvalue weighted by molar-refractivity contribution is -0.125. The van der Waals surface area contributed by atoms with Crippen LogP contribution in [0.25, 0.3) is 0 Å². The Balaban J connectivity index is 1.51. The Morgan fingerprint density at radius 3 is 2.66 bits per heavy atom. The lowest BCUT2D eigenvalue weighted by Crippen LogP contribution is -2.43. The summed E-state index contributed by atoms with van der Waals surface area (Å²) in [7, 11) is -3.68. The van der Waals surface area contributed by atoms with Crippen molar-refractivity contribution >= 4 is 38.9 Å². The van der Waals surface area contributed by atoms with E-state index < -0.39 is 15.4 Å². The van der Waals surface area contributed by atoms with Gasteiger partial charge < -0.3 is 15.0 Å². The summed E-state index contributed by atoms with van der Waals surface area (Å²) in [6.07, 6.45) is 0.738. The third kappa shape index (κ3) is 4.32. The second-order valence-corrected chi connectivity index (χ2v) is 11.4. The zero-order valence-corrected chi connectivity index (χ0v) is 19.8. The van der Waals surface area contributed by atoms with E-state index in [9.17, 15) is 18.0 Å². The van der Waals surface area contributed by atoms with E-state index in [1.165, 1.54) is 20.1 Å². The molecule has 172 valence electrons. The molecule has 0 saturated carbocycles. The Morgan fingerprint density at radius 1 is 1.22 bits per heavy atom. The van der Waals surface area contributed by atoms with Gasteiger partial charge in [-0.1, -0.05) is 6.07 Å². The summed E-state index contributed by atoms with van der Waals surface area (Å²) in [5.74, 6) is -0.467. The fourth-order valence-electron chi connectivity index (χ4n) is 4.05. The van der Waals surface area contributed by atoms with Gasteiger partial charge in [-0.2, -0.15) is 4.31 Å². The molecule has 0 spiro atoms. The summed E-state index contributed by atoms with van der Waals surface area (Å²) in [6.45, 7) is 5.25. The molecule has 4 rings (SSSR count). The average molecular weight is 478 g/mol. The lowest BCUT2D eigenvalue weighted by atomic mass is 9.86. The number of nitrogens with one attached hydrogen (secondary N) is 1. The zero-order valence-electron chi connectivity index (χ0n) is 18.2. The van der Waals surface area contributed by atoms with E-state index in [-0.39, 0.29) is 23.3 Å². The summed E-state index contributed by atoms with van der Waals surface area (Å²) in [4.78, 5) is 28.4. The van der Waals surface area contributed by atoms with E-state index in [2.05, 4.69) is 5.32 Å². The fourth-order valence-corrected chi connectivity index (χ4v) is 6.19. The minimum atomic E-state index is -3.68. The van der Waals surface area contributed by atoms with Crippen molar-refractivity contribution < 1.29 is 22.7 Å². The normalized spacial score (nSPS) is 18.6. The molecule has 0 aliphatic carbocycles.